The van der Waals surface area contributed by atoms with Crippen molar-refractivity contribution in [1.82, 2.24) is 14.3 Å². The van der Waals surface area contributed by atoms with Gasteiger partial charge in [0.15, 0.2) is 0 Å². The van der Waals surface area contributed by atoms with Gasteiger partial charge in [0, 0.05) is 37.2 Å². The molecular weight excluding hydrogens is 547 g/mol. The maximum Gasteiger partial charge on any atom is 0.452 e. The molecule has 1 unspecified atom stereocenters. The molecule has 1 aliphatic rings. The van der Waals surface area contributed by atoms with Crippen LogP contribution >= 0.6 is 11.5 Å². The topological polar surface area (TPSA) is 108 Å². The van der Waals surface area contributed by atoms with Gasteiger partial charge in [-0.05, 0) is 63.1 Å². The van der Waals surface area contributed by atoms with Crippen LogP contribution < -0.4 is 10.2 Å². The van der Waals surface area contributed by atoms with E-state index in [4.69, 9.17) is 4.74 Å². The van der Waals surface area contributed by atoms with Crippen LogP contribution in [0.3, 0.4) is 0 Å². The molecule has 2 heterocycles. The molecule has 1 atom stereocenters. The molecule has 0 bridgehead atoms. The van der Waals surface area contributed by atoms with Gasteiger partial charge >= 0.3 is 18.2 Å². The van der Waals surface area contributed by atoms with Gasteiger partial charge in [0.25, 0.3) is 0 Å². The highest BCUT2D eigenvalue weighted by Crippen LogP contribution is 2.38. The Balaban J connectivity index is 1.93. The molecule has 1 amide bonds. The Labute approximate surface area is 236 Å². The van der Waals surface area contributed by atoms with Crippen LogP contribution in [-0.2, 0) is 15.7 Å². The van der Waals surface area contributed by atoms with Crippen molar-refractivity contribution in [2.45, 2.75) is 84.5 Å². The zero-order valence-corrected chi connectivity index (χ0v) is 24.5. The summed E-state index contributed by atoms with van der Waals surface area (Å²) in [6.07, 6.45) is -3.74. The van der Waals surface area contributed by atoms with E-state index in [0.717, 1.165) is 11.3 Å². The lowest BCUT2D eigenvalue weighted by molar-refractivity contribution is -0.144. The van der Waals surface area contributed by atoms with Crippen LogP contribution in [0.25, 0.3) is 0 Å². The summed E-state index contributed by atoms with van der Waals surface area (Å²) in [6, 6.07) is 5.58. The Bertz CT molecular complexity index is 1170. The third-order valence-corrected chi connectivity index (χ3v) is 7.05. The van der Waals surface area contributed by atoms with Crippen molar-refractivity contribution in [3.8, 4) is 0 Å². The van der Waals surface area contributed by atoms with E-state index in [0.29, 0.717) is 49.7 Å². The van der Waals surface area contributed by atoms with E-state index < -0.39 is 23.6 Å². The highest BCUT2D eigenvalue weighted by Gasteiger charge is 2.36. The van der Waals surface area contributed by atoms with Gasteiger partial charge in [-0.1, -0.05) is 26.8 Å². The molecule has 0 saturated carbocycles. The van der Waals surface area contributed by atoms with Crippen LogP contribution in [0.4, 0.5) is 34.5 Å². The molecule has 1 fully saturated rings. The van der Waals surface area contributed by atoms with Crippen molar-refractivity contribution in [1.29, 1.82) is 0 Å². The van der Waals surface area contributed by atoms with Crippen molar-refractivity contribution in [3.63, 3.8) is 0 Å². The van der Waals surface area contributed by atoms with Gasteiger partial charge in [0.2, 0.25) is 11.0 Å². The van der Waals surface area contributed by atoms with E-state index in [1.54, 1.807) is 17.9 Å². The molecule has 0 aliphatic carbocycles. The number of amides is 1. The van der Waals surface area contributed by atoms with E-state index >= 15 is 0 Å². The van der Waals surface area contributed by atoms with Crippen molar-refractivity contribution in [2.75, 3.05) is 29.9 Å². The normalized spacial score (nSPS) is 15.7. The minimum Gasteiger partial charge on any atom is -0.481 e. The first kappa shape index (κ1) is 31.4. The molecule has 1 aromatic carbocycles. The maximum atomic E-state index is 13.2. The summed E-state index contributed by atoms with van der Waals surface area (Å²) in [5.74, 6) is -2.21. The van der Waals surface area contributed by atoms with Gasteiger partial charge in [-0.3, -0.25) is 4.79 Å². The summed E-state index contributed by atoms with van der Waals surface area (Å²) in [7, 11) is 0. The SMILES string of the molecule is CC(C)CN(c1ccc(C(C)CC(=O)O)cc1Nc1nc(C(F)(F)F)ns1)C1CCN(C(=O)OC(C)(C)C)CC1. The molecule has 0 spiro atoms. The van der Waals surface area contributed by atoms with Crippen LogP contribution in [0, 0.1) is 5.92 Å². The van der Waals surface area contributed by atoms with Gasteiger partial charge in [0.05, 0.1) is 17.8 Å². The smallest absolute Gasteiger partial charge is 0.452 e. The number of piperidine rings is 1. The number of aliphatic carboxylic acids is 1. The molecule has 2 aromatic rings. The van der Waals surface area contributed by atoms with E-state index in [1.165, 1.54) is 0 Å². The lowest BCUT2D eigenvalue weighted by Gasteiger charge is -2.41. The number of carboxylic acids is 1. The number of carbonyl (C=O) groups excluding carboxylic acids is 1. The number of ether oxygens (including phenoxy) is 1. The number of rotatable bonds is 9. The van der Waals surface area contributed by atoms with Crippen LogP contribution in [0.1, 0.15) is 78.1 Å². The number of halogens is 3. The minimum absolute atomic E-state index is 0.0131. The Kier molecular flexibility index (Phi) is 9.91. The number of likely N-dealkylation sites (tertiary alicyclic amines) is 1. The summed E-state index contributed by atoms with van der Waals surface area (Å²) < 4.78 is 48.4. The monoisotopic (exact) mass is 585 g/mol. The van der Waals surface area contributed by atoms with Crippen molar-refractivity contribution < 1.29 is 32.6 Å². The molecule has 1 aliphatic heterocycles. The second-order valence-corrected chi connectivity index (χ2v) is 12.3. The second kappa shape index (κ2) is 12.6. The Morgan fingerprint density at radius 3 is 2.38 bits per heavy atom. The number of benzene rings is 1. The zero-order valence-electron chi connectivity index (χ0n) is 23.7. The predicted octanol–water partition coefficient (Wildman–Crippen LogP) is 6.74. The predicted molar refractivity (Wildman–Crippen MR) is 148 cm³/mol. The molecule has 0 radical (unpaired) electrons. The number of hydrogen-bond donors (Lipinski definition) is 2. The summed E-state index contributed by atoms with van der Waals surface area (Å²) in [4.78, 5) is 31.5. The lowest BCUT2D eigenvalue weighted by atomic mass is 9.95. The fraction of sp³-hybridized carbons (Fsp3) is 0.630. The molecular formula is C27H38F3N5O4S. The van der Waals surface area contributed by atoms with Gasteiger partial charge < -0.3 is 25.0 Å². The molecule has 2 N–H and O–H groups in total. The minimum atomic E-state index is -4.66. The third-order valence-electron chi connectivity index (χ3n) is 6.42. The maximum absolute atomic E-state index is 13.2. The third kappa shape index (κ3) is 8.70. The highest BCUT2D eigenvalue weighted by atomic mass is 32.1. The van der Waals surface area contributed by atoms with E-state index in [9.17, 15) is 27.9 Å². The second-order valence-electron chi connectivity index (χ2n) is 11.6. The Morgan fingerprint density at radius 2 is 1.85 bits per heavy atom. The Morgan fingerprint density at radius 1 is 1.20 bits per heavy atom. The van der Waals surface area contributed by atoms with E-state index in [-0.39, 0.29) is 35.5 Å². The fourth-order valence-corrected chi connectivity index (χ4v) is 5.22. The summed E-state index contributed by atoms with van der Waals surface area (Å²) in [5.41, 5.74) is 1.43. The number of aromatic nitrogens is 2. The zero-order chi connectivity index (χ0) is 29.8. The van der Waals surface area contributed by atoms with Gasteiger partial charge in [-0.2, -0.15) is 22.5 Å². The van der Waals surface area contributed by atoms with Gasteiger partial charge in [-0.25, -0.2) is 4.79 Å². The number of anilines is 3. The number of alkyl halides is 3. The summed E-state index contributed by atoms with van der Waals surface area (Å²) in [6.45, 7) is 13.1. The average molecular weight is 586 g/mol. The number of nitrogens with one attached hydrogen (secondary N) is 1. The largest absolute Gasteiger partial charge is 0.481 e. The number of carbonyl (C=O) groups is 2. The first-order valence-electron chi connectivity index (χ1n) is 13.3. The standard InChI is InChI=1S/C27H38F3N5O4S/c1-16(2)15-35(19-9-11-34(12-10-19)25(38)39-26(4,5)6)21-8-7-18(17(3)13-22(36)37)14-20(21)31-24-32-23(33-40-24)27(28,29)30/h7-8,14,16-17,19H,9-13,15H2,1-6H3,(H,36,37)(H,31,32,33). The number of hydrogen-bond acceptors (Lipinski definition) is 8. The molecule has 1 aromatic heterocycles. The highest BCUT2D eigenvalue weighted by molar-refractivity contribution is 7.09. The number of nitrogens with zero attached hydrogens (tertiary/aromatic N) is 4. The summed E-state index contributed by atoms with van der Waals surface area (Å²) >= 11 is 0.611. The summed E-state index contributed by atoms with van der Waals surface area (Å²) in [5, 5.41) is 12.3. The molecule has 3 rings (SSSR count). The van der Waals surface area contributed by atoms with E-state index in [2.05, 4.69) is 33.4 Å². The van der Waals surface area contributed by atoms with Crippen LogP contribution in [0.2, 0.25) is 0 Å². The molecule has 222 valence electrons. The van der Waals surface area contributed by atoms with Gasteiger partial charge in [0.1, 0.15) is 5.60 Å². The lowest BCUT2D eigenvalue weighted by Crippen LogP contribution is -2.49. The average Bonchev–Trinajstić information content (AvgIpc) is 3.30. The van der Waals surface area contributed by atoms with Crippen LogP contribution in [0.5, 0.6) is 0 Å². The van der Waals surface area contributed by atoms with Gasteiger partial charge in [-0.15, -0.1) is 0 Å². The van der Waals surface area contributed by atoms with Crippen molar-refractivity contribution >= 4 is 40.1 Å². The van der Waals surface area contributed by atoms with Crippen molar-refractivity contribution in [3.05, 3.63) is 29.6 Å². The van der Waals surface area contributed by atoms with Crippen LogP contribution in [0.15, 0.2) is 18.2 Å². The fourth-order valence-electron chi connectivity index (χ4n) is 4.62. The molecule has 13 heteroatoms. The first-order chi connectivity index (χ1) is 18.5. The van der Waals surface area contributed by atoms with E-state index in [1.807, 2.05) is 32.9 Å². The Hall–Kier alpha value is -3.09. The molecule has 1 saturated heterocycles. The molecule has 9 nitrogen and oxygen atoms in total. The van der Waals surface area contributed by atoms with Crippen molar-refractivity contribution in [2.24, 2.45) is 5.92 Å². The van der Waals surface area contributed by atoms with Crippen LogP contribution in [-0.4, -0.2) is 62.7 Å². The molecule has 40 heavy (non-hydrogen) atoms. The first-order valence-corrected chi connectivity index (χ1v) is 14.1. The quantitative estimate of drug-likeness (QED) is 0.333. The number of carboxylic acid groups (broad SMARTS) is 1.